The van der Waals surface area contributed by atoms with Gasteiger partial charge < -0.3 is 5.32 Å². The number of aromatic amines is 1. The van der Waals surface area contributed by atoms with E-state index in [9.17, 15) is 4.79 Å². The summed E-state index contributed by atoms with van der Waals surface area (Å²) in [6, 6.07) is 4.07. The summed E-state index contributed by atoms with van der Waals surface area (Å²) in [5, 5.41) is 12.2. The highest BCUT2D eigenvalue weighted by atomic mass is 32.2. The highest BCUT2D eigenvalue weighted by molar-refractivity contribution is 8.00. The number of thiophene rings is 1. The van der Waals surface area contributed by atoms with Crippen molar-refractivity contribution >= 4 is 29.0 Å². The molecule has 7 heteroatoms. The Morgan fingerprint density at radius 2 is 2.55 bits per heavy atom. The van der Waals surface area contributed by atoms with Crippen molar-refractivity contribution in [3.63, 3.8) is 0 Å². The van der Waals surface area contributed by atoms with Gasteiger partial charge in [-0.3, -0.25) is 9.89 Å². The van der Waals surface area contributed by atoms with Crippen LogP contribution in [0.5, 0.6) is 0 Å². The molecule has 1 amide bonds. The van der Waals surface area contributed by atoms with Gasteiger partial charge in [0, 0.05) is 17.8 Å². The third-order valence-electron chi connectivity index (χ3n) is 2.51. The lowest BCUT2D eigenvalue weighted by Crippen LogP contribution is -2.30. The summed E-state index contributed by atoms with van der Waals surface area (Å²) in [6.45, 7) is 5.87. The van der Waals surface area contributed by atoms with Gasteiger partial charge in [0.05, 0.1) is 5.25 Å². The van der Waals surface area contributed by atoms with E-state index in [-0.39, 0.29) is 11.2 Å². The first-order valence-electron chi connectivity index (χ1n) is 6.18. The van der Waals surface area contributed by atoms with Crippen LogP contribution < -0.4 is 5.32 Å². The lowest BCUT2D eigenvalue weighted by Gasteiger charge is -2.07. The number of carbonyl (C=O) groups excluding carboxylic acids is 1. The molecule has 0 spiro atoms. The van der Waals surface area contributed by atoms with E-state index in [4.69, 9.17) is 0 Å². The van der Waals surface area contributed by atoms with Crippen LogP contribution in [0.25, 0.3) is 0 Å². The molecule has 0 aliphatic carbocycles. The Morgan fingerprint density at radius 1 is 1.70 bits per heavy atom. The molecule has 1 unspecified atom stereocenters. The molecule has 0 radical (unpaired) electrons. The van der Waals surface area contributed by atoms with Gasteiger partial charge >= 0.3 is 0 Å². The fraction of sp³-hybridized carbons (Fsp3) is 0.308. The van der Waals surface area contributed by atoms with Gasteiger partial charge in [-0.15, -0.1) is 23.0 Å². The molecule has 0 saturated carbocycles. The Labute approximate surface area is 125 Å². The molecule has 2 N–H and O–H groups in total. The van der Waals surface area contributed by atoms with Crippen LogP contribution in [-0.2, 0) is 11.2 Å². The van der Waals surface area contributed by atoms with Crippen molar-refractivity contribution in [2.75, 3.05) is 6.54 Å². The van der Waals surface area contributed by atoms with Crippen molar-refractivity contribution in [2.45, 2.75) is 23.8 Å². The number of aromatic nitrogens is 3. The standard InChI is InChI=1S/C13H16N4OS2/c1-3-6-14-12(18)9(2)20-13-15-11(16-17-13)8-10-5-4-7-19-10/h3-5,7,9H,1,6,8H2,2H3,(H,14,18)(H,15,16,17). The highest BCUT2D eigenvalue weighted by Gasteiger charge is 2.16. The van der Waals surface area contributed by atoms with Crippen molar-refractivity contribution < 1.29 is 4.79 Å². The molecule has 0 fully saturated rings. The third kappa shape index (κ3) is 4.21. The number of H-pyrrole nitrogens is 1. The van der Waals surface area contributed by atoms with Crippen molar-refractivity contribution in [1.29, 1.82) is 0 Å². The molecule has 0 aliphatic heterocycles. The average Bonchev–Trinajstić information content (AvgIpc) is 3.08. The average molecular weight is 308 g/mol. The number of carbonyl (C=O) groups is 1. The predicted octanol–water partition coefficient (Wildman–Crippen LogP) is 2.24. The van der Waals surface area contributed by atoms with Crippen LogP contribution in [0.2, 0.25) is 0 Å². The molecule has 2 aromatic heterocycles. The van der Waals surface area contributed by atoms with Crippen LogP contribution in [0.4, 0.5) is 0 Å². The zero-order valence-corrected chi connectivity index (χ0v) is 12.8. The number of nitrogens with one attached hydrogen (secondary N) is 2. The van der Waals surface area contributed by atoms with Crippen molar-refractivity contribution in [3.05, 3.63) is 40.9 Å². The quantitative estimate of drug-likeness (QED) is 0.608. The van der Waals surface area contributed by atoms with Crippen LogP contribution in [-0.4, -0.2) is 32.9 Å². The molecular weight excluding hydrogens is 292 g/mol. The molecule has 0 aromatic carbocycles. The summed E-state index contributed by atoms with van der Waals surface area (Å²) in [5.74, 6) is 0.771. The van der Waals surface area contributed by atoms with E-state index >= 15 is 0 Å². The summed E-state index contributed by atoms with van der Waals surface area (Å²) in [6.07, 6.45) is 2.39. The highest BCUT2D eigenvalue weighted by Crippen LogP contribution is 2.20. The monoisotopic (exact) mass is 308 g/mol. The van der Waals surface area contributed by atoms with Crippen LogP contribution in [0.1, 0.15) is 17.6 Å². The Balaban J connectivity index is 1.88. The Morgan fingerprint density at radius 3 is 3.25 bits per heavy atom. The fourth-order valence-corrected chi connectivity index (χ4v) is 2.99. The number of rotatable bonds is 7. The van der Waals surface area contributed by atoms with E-state index in [0.29, 0.717) is 11.7 Å². The predicted molar refractivity (Wildman–Crippen MR) is 82.0 cm³/mol. The van der Waals surface area contributed by atoms with E-state index in [0.717, 1.165) is 12.2 Å². The van der Waals surface area contributed by atoms with Gasteiger partial charge in [-0.2, -0.15) is 0 Å². The minimum atomic E-state index is -0.236. The van der Waals surface area contributed by atoms with Gasteiger partial charge in [0.15, 0.2) is 0 Å². The maximum atomic E-state index is 11.7. The van der Waals surface area contributed by atoms with E-state index in [1.165, 1.54) is 16.6 Å². The molecule has 2 aromatic rings. The molecule has 106 valence electrons. The molecule has 1 atom stereocenters. The fourth-order valence-electron chi connectivity index (χ4n) is 1.52. The molecule has 0 aliphatic rings. The lowest BCUT2D eigenvalue weighted by atomic mass is 10.3. The number of amides is 1. The van der Waals surface area contributed by atoms with Crippen LogP contribution >= 0.6 is 23.1 Å². The second-order valence-electron chi connectivity index (χ2n) is 4.11. The number of hydrogen-bond donors (Lipinski definition) is 2. The van der Waals surface area contributed by atoms with E-state index in [1.54, 1.807) is 17.4 Å². The van der Waals surface area contributed by atoms with E-state index in [1.807, 2.05) is 18.4 Å². The van der Waals surface area contributed by atoms with Gasteiger partial charge in [0.25, 0.3) is 0 Å². The zero-order valence-electron chi connectivity index (χ0n) is 11.1. The summed E-state index contributed by atoms with van der Waals surface area (Å²) in [7, 11) is 0. The zero-order chi connectivity index (χ0) is 14.4. The molecule has 5 nitrogen and oxygen atoms in total. The largest absolute Gasteiger partial charge is 0.352 e. The summed E-state index contributed by atoms with van der Waals surface area (Å²) in [5.41, 5.74) is 0. The van der Waals surface area contributed by atoms with Gasteiger partial charge in [0.2, 0.25) is 11.1 Å². The number of nitrogens with zero attached hydrogens (tertiary/aromatic N) is 2. The molecular formula is C13H16N4OS2. The van der Waals surface area contributed by atoms with E-state index in [2.05, 4.69) is 33.1 Å². The van der Waals surface area contributed by atoms with Crippen molar-refractivity contribution in [1.82, 2.24) is 20.5 Å². The molecule has 2 rings (SSSR count). The lowest BCUT2D eigenvalue weighted by molar-refractivity contribution is -0.120. The van der Waals surface area contributed by atoms with Gasteiger partial charge in [0.1, 0.15) is 5.82 Å². The normalized spacial score (nSPS) is 12.1. The molecule has 20 heavy (non-hydrogen) atoms. The minimum Gasteiger partial charge on any atom is -0.352 e. The van der Waals surface area contributed by atoms with Crippen molar-refractivity contribution in [3.8, 4) is 0 Å². The van der Waals surface area contributed by atoms with Gasteiger partial charge in [-0.1, -0.05) is 23.9 Å². The van der Waals surface area contributed by atoms with Crippen molar-refractivity contribution in [2.24, 2.45) is 0 Å². The molecule has 0 saturated heterocycles. The topological polar surface area (TPSA) is 70.7 Å². The SMILES string of the molecule is C=CCNC(=O)C(C)Sc1n[nH]c(Cc2cccs2)n1. The Bertz CT molecular complexity index is 565. The van der Waals surface area contributed by atoms with Gasteiger partial charge in [-0.05, 0) is 18.4 Å². The maximum Gasteiger partial charge on any atom is 0.233 e. The Kier molecular flexibility index (Phi) is 5.37. The van der Waals surface area contributed by atoms with E-state index < -0.39 is 0 Å². The first kappa shape index (κ1) is 14.8. The first-order chi connectivity index (χ1) is 9.69. The smallest absolute Gasteiger partial charge is 0.233 e. The van der Waals surface area contributed by atoms with Gasteiger partial charge in [-0.25, -0.2) is 4.98 Å². The van der Waals surface area contributed by atoms with Crippen LogP contribution in [0, 0.1) is 0 Å². The first-order valence-corrected chi connectivity index (χ1v) is 7.94. The molecule has 2 heterocycles. The molecule has 0 bridgehead atoms. The summed E-state index contributed by atoms with van der Waals surface area (Å²) in [4.78, 5) is 17.3. The minimum absolute atomic E-state index is 0.0421. The number of hydrogen-bond acceptors (Lipinski definition) is 5. The maximum absolute atomic E-state index is 11.7. The Hall–Kier alpha value is -1.60. The summed E-state index contributed by atoms with van der Waals surface area (Å²) < 4.78 is 0. The summed E-state index contributed by atoms with van der Waals surface area (Å²) >= 11 is 3.03. The third-order valence-corrected chi connectivity index (χ3v) is 4.34. The number of thioether (sulfide) groups is 1. The van der Waals surface area contributed by atoms with Crippen LogP contribution in [0.3, 0.4) is 0 Å². The second-order valence-corrected chi connectivity index (χ2v) is 6.45. The van der Waals surface area contributed by atoms with Crippen LogP contribution in [0.15, 0.2) is 35.3 Å². The second kappa shape index (κ2) is 7.25.